The second kappa shape index (κ2) is 7.74. The van der Waals surface area contributed by atoms with Crippen LogP contribution in [0.4, 0.5) is 5.95 Å². The van der Waals surface area contributed by atoms with Gasteiger partial charge in [0.15, 0.2) is 15.9 Å². The molecule has 3 heterocycles. The van der Waals surface area contributed by atoms with Gasteiger partial charge in [-0.05, 0) is 25.6 Å². The van der Waals surface area contributed by atoms with Crippen LogP contribution in [0.3, 0.4) is 0 Å². The van der Waals surface area contributed by atoms with E-state index in [-0.39, 0.29) is 39.4 Å². The van der Waals surface area contributed by atoms with Crippen LogP contribution < -0.4 is 22.2 Å². The van der Waals surface area contributed by atoms with Crippen molar-refractivity contribution in [2.75, 3.05) is 5.43 Å². The van der Waals surface area contributed by atoms with E-state index < -0.39 is 16.8 Å². The average molecular weight is 434 g/mol. The Morgan fingerprint density at radius 3 is 2.53 bits per heavy atom. The van der Waals surface area contributed by atoms with E-state index in [1.165, 1.54) is 27.8 Å². The Labute approximate surface area is 174 Å². The third-order valence-corrected chi connectivity index (χ3v) is 5.32. The number of aromatic amines is 1. The summed E-state index contributed by atoms with van der Waals surface area (Å²) in [7, 11) is 4.48. The molecule has 3 rings (SSSR count). The molecule has 0 unspecified atom stereocenters. The first kappa shape index (κ1) is 21.2. The van der Waals surface area contributed by atoms with Crippen LogP contribution in [0.1, 0.15) is 31.9 Å². The highest BCUT2D eigenvalue weighted by Gasteiger charge is 2.17. The summed E-state index contributed by atoms with van der Waals surface area (Å²) in [5.41, 5.74) is 1.36. The number of nitrogens with zero attached hydrogens (tertiary/aromatic N) is 6. The van der Waals surface area contributed by atoms with E-state index in [9.17, 15) is 19.5 Å². The molecule has 0 aliphatic carbocycles. The number of fused-ring (bicyclic) bond motifs is 1. The van der Waals surface area contributed by atoms with Crippen molar-refractivity contribution in [3.63, 3.8) is 0 Å². The van der Waals surface area contributed by atoms with Crippen molar-refractivity contribution < 1.29 is 5.11 Å². The van der Waals surface area contributed by atoms with Gasteiger partial charge in [-0.1, -0.05) is 6.92 Å². The first-order valence-corrected chi connectivity index (χ1v) is 9.50. The van der Waals surface area contributed by atoms with Crippen LogP contribution in [0, 0.1) is 4.77 Å². The van der Waals surface area contributed by atoms with Crippen molar-refractivity contribution in [3.05, 3.63) is 41.5 Å². The molecule has 0 aliphatic heterocycles. The summed E-state index contributed by atoms with van der Waals surface area (Å²) in [6.07, 6.45) is 1.83. The van der Waals surface area contributed by atoms with E-state index in [1.54, 1.807) is 7.05 Å². The van der Waals surface area contributed by atoms with Gasteiger partial charge in [-0.15, -0.1) is 0 Å². The lowest BCUT2D eigenvalue weighted by molar-refractivity contribution is 0.371. The van der Waals surface area contributed by atoms with Gasteiger partial charge < -0.3 is 9.67 Å². The molecule has 3 N–H and O–H groups in total. The van der Waals surface area contributed by atoms with Crippen LogP contribution in [-0.4, -0.2) is 39.6 Å². The minimum atomic E-state index is -0.594. The van der Waals surface area contributed by atoms with Crippen molar-refractivity contribution in [1.29, 1.82) is 0 Å². The van der Waals surface area contributed by atoms with Gasteiger partial charge in [0.25, 0.3) is 11.1 Å². The first-order chi connectivity index (χ1) is 14.1. The number of rotatable bonds is 5. The maximum Gasteiger partial charge on any atom is 0.332 e. The number of nitrogens with one attached hydrogen (secondary N) is 2. The highest BCUT2D eigenvalue weighted by molar-refractivity contribution is 7.71. The van der Waals surface area contributed by atoms with Gasteiger partial charge in [0.1, 0.15) is 5.56 Å². The van der Waals surface area contributed by atoms with Gasteiger partial charge in [-0.25, -0.2) is 10.2 Å². The molecule has 0 amide bonds. The summed E-state index contributed by atoms with van der Waals surface area (Å²) >= 11 is 5.13. The van der Waals surface area contributed by atoms with E-state index in [0.29, 0.717) is 6.42 Å². The fourth-order valence-corrected chi connectivity index (χ4v) is 3.39. The molecule has 13 heteroatoms. The molecule has 0 aliphatic rings. The van der Waals surface area contributed by atoms with Crippen molar-refractivity contribution in [3.8, 4) is 5.88 Å². The molecule has 0 spiro atoms. The molecular formula is C17H22N8O4S. The molecule has 12 nitrogen and oxygen atoms in total. The van der Waals surface area contributed by atoms with Crippen LogP contribution >= 0.6 is 12.2 Å². The van der Waals surface area contributed by atoms with Crippen LogP contribution in [0.2, 0.25) is 0 Å². The van der Waals surface area contributed by atoms with Crippen molar-refractivity contribution >= 4 is 35.5 Å². The molecule has 3 aromatic rings. The fourth-order valence-electron chi connectivity index (χ4n) is 3.03. The summed E-state index contributed by atoms with van der Waals surface area (Å²) < 4.78 is 5.23. The Hall–Kier alpha value is -3.48. The van der Waals surface area contributed by atoms with Crippen molar-refractivity contribution in [2.24, 2.45) is 26.2 Å². The highest BCUT2D eigenvalue weighted by atomic mass is 32.1. The summed E-state index contributed by atoms with van der Waals surface area (Å²) in [5.74, 6) is -0.130. The third-order valence-electron chi connectivity index (χ3n) is 5.02. The van der Waals surface area contributed by atoms with E-state index in [2.05, 4.69) is 20.5 Å². The average Bonchev–Trinajstić information content (AvgIpc) is 3.03. The Morgan fingerprint density at radius 1 is 1.23 bits per heavy atom. The number of aromatic hydroxyl groups is 1. The quantitative estimate of drug-likeness (QED) is 0.298. The van der Waals surface area contributed by atoms with Gasteiger partial charge in [0.05, 0.1) is 6.21 Å². The van der Waals surface area contributed by atoms with E-state index in [4.69, 9.17) is 12.2 Å². The largest absolute Gasteiger partial charge is 0.494 e. The summed E-state index contributed by atoms with van der Waals surface area (Å²) in [6, 6.07) is -0.133. The fraction of sp³-hybridized carbons (Fsp3) is 0.412. The first-order valence-electron chi connectivity index (χ1n) is 9.09. The lowest BCUT2D eigenvalue weighted by Crippen LogP contribution is -2.37. The topological polar surface area (TPSA) is 144 Å². The van der Waals surface area contributed by atoms with Crippen LogP contribution in [0.5, 0.6) is 5.88 Å². The minimum Gasteiger partial charge on any atom is -0.494 e. The van der Waals surface area contributed by atoms with Crippen LogP contribution in [-0.2, 0) is 21.1 Å². The maximum atomic E-state index is 12.4. The summed E-state index contributed by atoms with van der Waals surface area (Å²) in [5, 5.41) is 14.5. The van der Waals surface area contributed by atoms with Gasteiger partial charge in [0.2, 0.25) is 11.8 Å². The van der Waals surface area contributed by atoms with Gasteiger partial charge in [-0.2, -0.15) is 10.1 Å². The molecule has 1 atom stereocenters. The Morgan fingerprint density at radius 2 is 1.90 bits per heavy atom. The number of anilines is 1. The highest BCUT2D eigenvalue weighted by Crippen LogP contribution is 2.20. The zero-order valence-corrected chi connectivity index (χ0v) is 17.9. The van der Waals surface area contributed by atoms with E-state index in [0.717, 1.165) is 10.8 Å². The Balaban J connectivity index is 2.05. The SMILES string of the molecule is CC[C@H](C)n1c(O)c(C=NNc2nc3c(c(=O)n(C)c(=O)n3C)n2C)c(=O)[nH]c1=S. The maximum absolute atomic E-state index is 12.4. The molecule has 0 saturated heterocycles. The summed E-state index contributed by atoms with van der Waals surface area (Å²) in [6.45, 7) is 3.78. The molecule has 0 fully saturated rings. The zero-order valence-electron chi connectivity index (χ0n) is 17.1. The predicted octanol–water partition coefficient (Wildman–Crippen LogP) is 0.313. The molecule has 3 aromatic heterocycles. The molecule has 160 valence electrons. The van der Waals surface area contributed by atoms with Crippen molar-refractivity contribution in [2.45, 2.75) is 26.3 Å². The van der Waals surface area contributed by atoms with Gasteiger partial charge in [-0.3, -0.25) is 28.3 Å². The number of hydrazone groups is 1. The molecular weight excluding hydrogens is 412 g/mol. The third kappa shape index (κ3) is 3.26. The van der Waals surface area contributed by atoms with Gasteiger partial charge in [0, 0.05) is 27.2 Å². The van der Waals surface area contributed by atoms with Crippen molar-refractivity contribution in [1.82, 2.24) is 28.2 Å². The zero-order chi connectivity index (χ0) is 22.3. The molecule has 0 aromatic carbocycles. The second-order valence-corrected chi connectivity index (χ2v) is 7.25. The van der Waals surface area contributed by atoms with E-state index in [1.807, 2.05) is 13.8 Å². The van der Waals surface area contributed by atoms with E-state index >= 15 is 0 Å². The normalized spacial score (nSPS) is 12.7. The number of hydrogen-bond donors (Lipinski definition) is 3. The predicted molar refractivity (Wildman–Crippen MR) is 115 cm³/mol. The monoisotopic (exact) mass is 434 g/mol. The molecule has 0 radical (unpaired) electrons. The Bertz CT molecular complexity index is 1400. The number of imidazole rings is 1. The molecule has 0 saturated carbocycles. The lowest BCUT2D eigenvalue weighted by atomic mass is 10.2. The number of hydrogen-bond acceptors (Lipinski definition) is 8. The Kier molecular flexibility index (Phi) is 5.48. The van der Waals surface area contributed by atoms with Gasteiger partial charge >= 0.3 is 5.69 Å². The van der Waals surface area contributed by atoms with Crippen LogP contribution in [0.15, 0.2) is 19.5 Å². The number of H-pyrrole nitrogens is 1. The standard InChI is InChI=1S/C17H22N8O4S/c1-6-8(2)25-13(27)9(12(26)20-16(25)30)7-18-21-15-19-11-10(22(15)3)14(28)24(5)17(29)23(11)4/h7-8,27H,6H2,1-5H3,(H,19,21)(H,20,26,30)/t8-/m0/s1. The minimum absolute atomic E-state index is 0.0847. The number of aryl methyl sites for hydroxylation is 2. The molecule has 0 bridgehead atoms. The smallest absolute Gasteiger partial charge is 0.332 e. The lowest BCUT2D eigenvalue weighted by Gasteiger charge is -2.16. The summed E-state index contributed by atoms with van der Waals surface area (Å²) in [4.78, 5) is 43.5. The number of aromatic nitrogens is 6. The second-order valence-electron chi connectivity index (χ2n) is 6.87. The van der Waals surface area contributed by atoms with Crippen LogP contribution in [0.25, 0.3) is 11.2 Å². The molecule has 30 heavy (non-hydrogen) atoms.